The van der Waals surface area contributed by atoms with Gasteiger partial charge in [0.25, 0.3) is 0 Å². The normalized spacial score (nSPS) is 26.0. The Morgan fingerprint density at radius 3 is 3.07 bits per heavy atom. The highest BCUT2D eigenvalue weighted by molar-refractivity contribution is 7.98. The number of hydrogen-bond donors (Lipinski definition) is 1. The van der Waals surface area contributed by atoms with Gasteiger partial charge in [-0.25, -0.2) is 0 Å². The van der Waals surface area contributed by atoms with E-state index in [1.807, 2.05) is 11.8 Å². The smallest absolute Gasteiger partial charge is 0.231 e. The first-order valence-electron chi connectivity index (χ1n) is 5.42. The molecular weight excluding hydrogens is 210 g/mol. The predicted molar refractivity (Wildman–Crippen MR) is 60.9 cm³/mol. The Labute approximate surface area is 94.2 Å². The van der Waals surface area contributed by atoms with Crippen LogP contribution in [0.1, 0.15) is 31.5 Å². The maximum Gasteiger partial charge on any atom is 0.231 e. The number of hydrogen-bond acceptors (Lipinski definition) is 5. The lowest BCUT2D eigenvalue weighted by Crippen LogP contribution is -2.08. The van der Waals surface area contributed by atoms with Crippen LogP contribution in [0.15, 0.2) is 4.52 Å². The zero-order valence-electron chi connectivity index (χ0n) is 9.19. The molecule has 4 nitrogen and oxygen atoms in total. The molecule has 1 fully saturated rings. The van der Waals surface area contributed by atoms with E-state index in [4.69, 9.17) is 4.52 Å². The van der Waals surface area contributed by atoms with Crippen LogP contribution in [-0.2, 0) is 5.75 Å². The van der Waals surface area contributed by atoms with E-state index < -0.39 is 0 Å². The molecule has 2 rings (SSSR count). The van der Waals surface area contributed by atoms with Gasteiger partial charge in [-0.3, -0.25) is 0 Å². The van der Waals surface area contributed by atoms with Crippen LogP contribution in [-0.4, -0.2) is 29.0 Å². The molecule has 0 saturated carbocycles. The maximum absolute atomic E-state index is 5.30. The molecule has 1 aliphatic rings. The second kappa shape index (κ2) is 4.99. The van der Waals surface area contributed by atoms with Gasteiger partial charge in [0.15, 0.2) is 5.82 Å². The molecule has 0 bridgehead atoms. The average Bonchev–Trinajstić information content (AvgIpc) is 2.83. The van der Waals surface area contributed by atoms with Gasteiger partial charge < -0.3 is 9.84 Å². The number of thioether (sulfide) groups is 1. The van der Waals surface area contributed by atoms with Crippen molar-refractivity contribution < 1.29 is 4.52 Å². The van der Waals surface area contributed by atoms with Gasteiger partial charge in [-0.2, -0.15) is 16.7 Å². The molecule has 0 aromatic carbocycles. The Balaban J connectivity index is 1.99. The number of nitrogens with one attached hydrogen (secondary N) is 1. The first-order valence-corrected chi connectivity index (χ1v) is 6.57. The van der Waals surface area contributed by atoms with Gasteiger partial charge in [0.05, 0.1) is 11.7 Å². The molecule has 0 amide bonds. The lowest BCUT2D eigenvalue weighted by molar-refractivity contribution is 0.337. The van der Waals surface area contributed by atoms with Crippen LogP contribution in [0, 0.1) is 5.92 Å². The first-order chi connectivity index (χ1) is 7.31. The van der Waals surface area contributed by atoms with Gasteiger partial charge in [-0.05, 0) is 18.2 Å². The molecule has 0 radical (unpaired) electrons. The third-order valence-electron chi connectivity index (χ3n) is 2.75. The molecule has 5 heteroatoms. The molecule has 1 saturated heterocycles. The van der Waals surface area contributed by atoms with Crippen LogP contribution < -0.4 is 5.32 Å². The van der Waals surface area contributed by atoms with Crippen molar-refractivity contribution in [3.63, 3.8) is 0 Å². The largest absolute Gasteiger partial charge is 0.339 e. The molecule has 1 aliphatic heterocycles. The summed E-state index contributed by atoms with van der Waals surface area (Å²) < 4.78 is 5.30. The second-order valence-electron chi connectivity index (χ2n) is 3.93. The van der Waals surface area contributed by atoms with Gasteiger partial charge in [0, 0.05) is 6.54 Å². The molecule has 2 atom stereocenters. The minimum absolute atomic E-state index is 0.401. The van der Waals surface area contributed by atoms with Gasteiger partial charge >= 0.3 is 0 Å². The lowest BCUT2D eigenvalue weighted by Gasteiger charge is -2.07. The first kappa shape index (κ1) is 11.0. The van der Waals surface area contributed by atoms with Crippen molar-refractivity contribution in [2.45, 2.75) is 25.5 Å². The van der Waals surface area contributed by atoms with E-state index in [-0.39, 0.29) is 0 Å². The molecule has 1 N–H and O–H groups in total. The van der Waals surface area contributed by atoms with E-state index >= 15 is 0 Å². The predicted octanol–water partition coefficient (Wildman–Crippen LogP) is 1.65. The zero-order chi connectivity index (χ0) is 10.7. The van der Waals surface area contributed by atoms with Crippen LogP contribution in [0.2, 0.25) is 0 Å². The summed E-state index contributed by atoms with van der Waals surface area (Å²) in [5.74, 6) is 4.57. The van der Waals surface area contributed by atoms with Crippen molar-refractivity contribution in [3.05, 3.63) is 11.7 Å². The minimum atomic E-state index is 0.401. The quantitative estimate of drug-likeness (QED) is 0.847. The summed E-state index contributed by atoms with van der Waals surface area (Å²) in [5.41, 5.74) is 0. The topological polar surface area (TPSA) is 51.0 Å². The third-order valence-corrected chi connectivity index (χ3v) is 3.62. The Hall–Kier alpha value is -0.550. The van der Waals surface area contributed by atoms with Crippen LogP contribution >= 0.6 is 11.8 Å². The Kier molecular flexibility index (Phi) is 3.64. The van der Waals surface area contributed by atoms with E-state index in [0.29, 0.717) is 11.8 Å². The minimum Gasteiger partial charge on any atom is -0.339 e. The summed E-state index contributed by atoms with van der Waals surface area (Å²) in [6.45, 7) is 6.36. The van der Waals surface area contributed by atoms with Gasteiger partial charge in [0.2, 0.25) is 5.89 Å². The lowest BCUT2D eigenvalue weighted by atomic mass is 9.98. The van der Waals surface area contributed by atoms with Crippen molar-refractivity contribution in [1.82, 2.24) is 15.5 Å². The number of nitrogens with zero attached hydrogens (tertiary/aromatic N) is 2. The number of aromatic nitrogens is 2. The van der Waals surface area contributed by atoms with Crippen molar-refractivity contribution >= 4 is 11.8 Å². The Morgan fingerprint density at radius 2 is 2.40 bits per heavy atom. The molecule has 84 valence electrons. The van der Waals surface area contributed by atoms with E-state index in [0.717, 1.165) is 36.3 Å². The average molecular weight is 227 g/mol. The number of rotatable bonds is 4. The highest BCUT2D eigenvalue weighted by atomic mass is 32.2. The van der Waals surface area contributed by atoms with Crippen molar-refractivity contribution in [1.29, 1.82) is 0 Å². The summed E-state index contributed by atoms with van der Waals surface area (Å²) in [6.07, 6.45) is 0. The fourth-order valence-electron chi connectivity index (χ4n) is 1.81. The molecule has 1 aromatic heterocycles. The van der Waals surface area contributed by atoms with Crippen LogP contribution in [0.25, 0.3) is 0 Å². The van der Waals surface area contributed by atoms with Crippen LogP contribution in [0.4, 0.5) is 0 Å². The van der Waals surface area contributed by atoms with E-state index in [1.54, 1.807) is 0 Å². The monoisotopic (exact) mass is 227 g/mol. The van der Waals surface area contributed by atoms with E-state index in [9.17, 15) is 0 Å². The highest BCUT2D eigenvalue weighted by Gasteiger charge is 2.29. The van der Waals surface area contributed by atoms with E-state index in [2.05, 4.69) is 29.3 Å². The molecule has 2 heterocycles. The second-order valence-corrected chi connectivity index (χ2v) is 5.20. The van der Waals surface area contributed by atoms with Crippen LogP contribution in [0.3, 0.4) is 0 Å². The molecule has 0 aliphatic carbocycles. The Morgan fingerprint density at radius 1 is 1.53 bits per heavy atom. The molecule has 1 aromatic rings. The van der Waals surface area contributed by atoms with Crippen LogP contribution in [0.5, 0.6) is 0 Å². The van der Waals surface area contributed by atoms with Crippen molar-refractivity contribution in [3.8, 4) is 0 Å². The maximum atomic E-state index is 5.30. The third kappa shape index (κ3) is 2.52. The van der Waals surface area contributed by atoms with Crippen molar-refractivity contribution in [2.24, 2.45) is 5.92 Å². The van der Waals surface area contributed by atoms with Crippen molar-refractivity contribution in [2.75, 3.05) is 18.8 Å². The van der Waals surface area contributed by atoms with Gasteiger partial charge in [0.1, 0.15) is 0 Å². The van der Waals surface area contributed by atoms with E-state index in [1.165, 1.54) is 0 Å². The summed E-state index contributed by atoms with van der Waals surface area (Å²) in [4.78, 5) is 4.44. The summed E-state index contributed by atoms with van der Waals surface area (Å²) >= 11 is 1.82. The summed E-state index contributed by atoms with van der Waals surface area (Å²) in [7, 11) is 0. The molecule has 15 heavy (non-hydrogen) atoms. The summed E-state index contributed by atoms with van der Waals surface area (Å²) in [5, 5.41) is 7.34. The molecule has 0 spiro atoms. The fraction of sp³-hybridized carbons (Fsp3) is 0.800. The zero-order valence-corrected chi connectivity index (χ0v) is 10.0. The summed E-state index contributed by atoms with van der Waals surface area (Å²) in [6, 6.07) is 0. The highest BCUT2D eigenvalue weighted by Crippen LogP contribution is 2.26. The van der Waals surface area contributed by atoms with Gasteiger partial charge in [-0.1, -0.05) is 19.0 Å². The fourth-order valence-corrected chi connectivity index (χ4v) is 2.31. The molecular formula is C10H17N3OS. The standard InChI is InChI=1S/C10H17N3OS/c1-3-15-6-9-12-10(14-13-9)8-5-11-4-7(8)2/h7-8,11H,3-6H2,1-2H3. The SMILES string of the molecule is CCSCc1noc(C2CNCC2C)n1. The van der Waals surface area contributed by atoms with Gasteiger partial charge in [-0.15, -0.1) is 0 Å². The molecule has 2 unspecified atom stereocenters. The Bertz CT molecular complexity index is 315.